The number of hydrogen-bond acceptors (Lipinski definition) is 1. The van der Waals surface area contributed by atoms with Gasteiger partial charge in [-0.25, -0.2) is 0 Å². The molecule has 2 aliphatic carbocycles. The van der Waals surface area contributed by atoms with Gasteiger partial charge in [-0.3, -0.25) is 0 Å². The fraction of sp³-hybridized carbons (Fsp3) is 0.120. The molecule has 1 N–H and O–H groups in total. The molecule has 2 aromatic carbocycles. The second-order valence-electron chi connectivity index (χ2n) is 6.61. The van der Waals surface area contributed by atoms with Crippen LogP contribution in [0.3, 0.4) is 0 Å². The summed E-state index contributed by atoms with van der Waals surface area (Å²) in [5.74, 6) is 0. The van der Waals surface area contributed by atoms with Crippen molar-refractivity contribution in [3.05, 3.63) is 108 Å². The van der Waals surface area contributed by atoms with E-state index in [-0.39, 0.29) is 0 Å². The monoisotopic (exact) mass is 337 g/mol. The second kappa shape index (κ2) is 7.88. The molecule has 0 amide bonds. The second-order valence-corrected chi connectivity index (χ2v) is 6.61. The maximum Gasteiger partial charge on any atom is 0.0390 e. The lowest BCUT2D eigenvalue weighted by molar-refractivity contribution is 1.04. The van der Waals surface area contributed by atoms with E-state index in [1.54, 1.807) is 0 Å². The highest BCUT2D eigenvalue weighted by Gasteiger charge is 2.04. The van der Waals surface area contributed by atoms with E-state index in [1.165, 1.54) is 22.3 Å². The van der Waals surface area contributed by atoms with Crippen molar-refractivity contribution in [2.75, 3.05) is 5.32 Å². The van der Waals surface area contributed by atoms with E-state index in [9.17, 15) is 0 Å². The third kappa shape index (κ3) is 3.94. The Morgan fingerprint density at radius 2 is 1.38 bits per heavy atom. The van der Waals surface area contributed by atoms with Gasteiger partial charge in [0.25, 0.3) is 0 Å². The van der Waals surface area contributed by atoms with Crippen molar-refractivity contribution in [2.45, 2.75) is 19.3 Å². The van der Waals surface area contributed by atoms with Crippen LogP contribution in [0.5, 0.6) is 0 Å². The minimum absolute atomic E-state index is 0.977. The fourth-order valence-corrected chi connectivity index (χ4v) is 3.34. The van der Waals surface area contributed by atoms with Crippen molar-refractivity contribution in [2.24, 2.45) is 0 Å². The smallest absolute Gasteiger partial charge is 0.0390 e. The van der Waals surface area contributed by atoms with Crippen LogP contribution in [0.25, 0.3) is 11.1 Å². The predicted octanol–water partition coefficient (Wildman–Crippen LogP) is 7.06. The molecule has 0 fully saturated rings. The van der Waals surface area contributed by atoms with Crippen LogP contribution in [0.15, 0.2) is 97.1 Å². The van der Waals surface area contributed by atoms with Crippen molar-refractivity contribution in [3.63, 3.8) is 0 Å². The fourth-order valence-electron chi connectivity index (χ4n) is 3.34. The average molecular weight is 337 g/mol. The number of benzene rings is 2. The molecule has 0 aliphatic heterocycles. The van der Waals surface area contributed by atoms with Gasteiger partial charge in [0.1, 0.15) is 0 Å². The number of rotatable bonds is 4. The number of allylic oxidation sites excluding steroid dienone is 10. The Kier molecular flexibility index (Phi) is 4.97. The normalized spacial score (nSPS) is 16.0. The van der Waals surface area contributed by atoms with Gasteiger partial charge in [0.05, 0.1) is 0 Å². The van der Waals surface area contributed by atoms with E-state index >= 15 is 0 Å². The van der Waals surface area contributed by atoms with E-state index in [1.807, 2.05) is 0 Å². The largest absolute Gasteiger partial charge is 0.355 e. The summed E-state index contributed by atoms with van der Waals surface area (Å²) in [5.41, 5.74) is 7.32. The topological polar surface area (TPSA) is 12.0 Å². The van der Waals surface area contributed by atoms with Crippen LogP contribution in [0.4, 0.5) is 11.4 Å². The van der Waals surface area contributed by atoms with E-state index in [0.717, 1.165) is 30.6 Å². The molecule has 26 heavy (non-hydrogen) atoms. The molecule has 0 heterocycles. The molecule has 2 aromatic rings. The molecule has 4 rings (SSSR count). The van der Waals surface area contributed by atoms with Crippen LogP contribution in [-0.2, 0) is 0 Å². The highest BCUT2D eigenvalue weighted by Crippen LogP contribution is 2.27. The van der Waals surface area contributed by atoms with E-state index < -0.39 is 0 Å². The first-order chi connectivity index (χ1) is 12.9. The zero-order valence-corrected chi connectivity index (χ0v) is 14.9. The molecule has 0 spiro atoms. The number of hydrogen-bond donors (Lipinski definition) is 1. The van der Waals surface area contributed by atoms with Crippen molar-refractivity contribution in [1.82, 2.24) is 0 Å². The van der Waals surface area contributed by atoms with Crippen LogP contribution < -0.4 is 5.32 Å². The van der Waals surface area contributed by atoms with Crippen LogP contribution in [0.2, 0.25) is 0 Å². The molecule has 0 radical (unpaired) electrons. The first-order valence-electron chi connectivity index (χ1n) is 9.26. The molecule has 0 atom stereocenters. The van der Waals surface area contributed by atoms with Gasteiger partial charge in [-0.1, -0.05) is 72.9 Å². The van der Waals surface area contributed by atoms with E-state index in [2.05, 4.69) is 102 Å². The first kappa shape index (κ1) is 16.4. The zero-order valence-electron chi connectivity index (χ0n) is 14.9. The van der Waals surface area contributed by atoms with E-state index in [0.29, 0.717) is 0 Å². The lowest BCUT2D eigenvalue weighted by atomic mass is 9.99. The van der Waals surface area contributed by atoms with Gasteiger partial charge in [0, 0.05) is 11.4 Å². The molecule has 1 nitrogen and oxygen atoms in total. The van der Waals surface area contributed by atoms with Gasteiger partial charge in [-0.2, -0.15) is 0 Å². The van der Waals surface area contributed by atoms with Gasteiger partial charge in [-0.05, 0) is 65.8 Å². The van der Waals surface area contributed by atoms with Crippen molar-refractivity contribution >= 4 is 22.5 Å². The van der Waals surface area contributed by atoms with Gasteiger partial charge < -0.3 is 5.32 Å². The number of nitrogens with one attached hydrogen (secondary N) is 1. The highest BCUT2D eigenvalue weighted by molar-refractivity contribution is 5.79. The minimum Gasteiger partial charge on any atom is -0.355 e. The Labute approximate surface area is 155 Å². The highest BCUT2D eigenvalue weighted by atomic mass is 14.9. The third-order valence-corrected chi connectivity index (χ3v) is 4.67. The van der Waals surface area contributed by atoms with Gasteiger partial charge >= 0.3 is 0 Å². The third-order valence-electron chi connectivity index (χ3n) is 4.67. The van der Waals surface area contributed by atoms with Crippen LogP contribution in [-0.4, -0.2) is 0 Å². The Morgan fingerprint density at radius 3 is 2.08 bits per heavy atom. The van der Waals surface area contributed by atoms with Crippen LogP contribution in [0.1, 0.15) is 30.4 Å². The molecular formula is C25H23N. The zero-order chi connectivity index (χ0) is 17.6. The Bertz CT molecular complexity index is 938. The van der Waals surface area contributed by atoms with Crippen LogP contribution in [0, 0.1) is 0 Å². The molecule has 128 valence electrons. The standard InChI is InChI=1S/C25H23N/c1-2-5-11-20(10-4-1)22-14-8-16-24(18-22)26-25-17-9-15-23(19-25)21-12-6-3-7-13-21/h1-2,4,6,8-19,26H,3,5,7H2. The van der Waals surface area contributed by atoms with Gasteiger partial charge in [0.2, 0.25) is 0 Å². The molecule has 0 saturated heterocycles. The molecule has 0 bridgehead atoms. The quantitative estimate of drug-likeness (QED) is 0.629. The number of anilines is 2. The summed E-state index contributed by atoms with van der Waals surface area (Å²) in [5, 5.41) is 3.56. The summed E-state index contributed by atoms with van der Waals surface area (Å²) in [7, 11) is 0. The summed E-state index contributed by atoms with van der Waals surface area (Å²) < 4.78 is 0. The Hall–Kier alpha value is -3.06. The molecule has 0 aromatic heterocycles. The molecular weight excluding hydrogens is 314 g/mol. The van der Waals surface area contributed by atoms with Crippen molar-refractivity contribution in [1.29, 1.82) is 0 Å². The summed E-state index contributed by atoms with van der Waals surface area (Å²) >= 11 is 0. The summed E-state index contributed by atoms with van der Waals surface area (Å²) in [6.07, 6.45) is 20.9. The maximum atomic E-state index is 3.56. The minimum atomic E-state index is 0.977. The molecule has 2 aliphatic rings. The van der Waals surface area contributed by atoms with Gasteiger partial charge in [-0.15, -0.1) is 0 Å². The van der Waals surface area contributed by atoms with Crippen molar-refractivity contribution in [3.8, 4) is 0 Å². The maximum absolute atomic E-state index is 3.56. The molecule has 0 saturated carbocycles. The summed E-state index contributed by atoms with van der Waals surface area (Å²) in [6.45, 7) is 0. The lowest BCUT2D eigenvalue weighted by Gasteiger charge is -2.12. The summed E-state index contributed by atoms with van der Waals surface area (Å²) in [4.78, 5) is 0. The molecule has 1 heteroatoms. The molecule has 0 unspecified atom stereocenters. The SMILES string of the molecule is C1=CCC=C(c2cccc(Nc3cccc(C4=CCCC=C4)c3)c2)C=C1. The lowest BCUT2D eigenvalue weighted by Crippen LogP contribution is -1.93. The predicted molar refractivity (Wildman–Crippen MR) is 113 cm³/mol. The van der Waals surface area contributed by atoms with Crippen LogP contribution >= 0.6 is 0 Å². The van der Waals surface area contributed by atoms with E-state index in [4.69, 9.17) is 0 Å². The summed E-state index contributed by atoms with van der Waals surface area (Å²) in [6, 6.07) is 17.3. The Balaban J connectivity index is 1.56. The average Bonchev–Trinajstić information content (AvgIpc) is 2.99. The first-order valence-corrected chi connectivity index (χ1v) is 9.26. The van der Waals surface area contributed by atoms with Crippen molar-refractivity contribution < 1.29 is 0 Å². The Morgan fingerprint density at radius 1 is 0.654 bits per heavy atom. The van der Waals surface area contributed by atoms with Gasteiger partial charge in [0.15, 0.2) is 0 Å².